The highest BCUT2D eigenvalue weighted by Crippen LogP contribution is 2.18. The normalized spacial score (nSPS) is 10.2. The zero-order chi connectivity index (χ0) is 13.1. The Balaban J connectivity index is 0.000000574. The molecule has 3 aromatic heterocycles. The second kappa shape index (κ2) is 5.00. The van der Waals surface area contributed by atoms with E-state index in [4.69, 9.17) is 0 Å². The second-order valence-electron chi connectivity index (χ2n) is 3.74. The van der Waals surface area contributed by atoms with Crippen LogP contribution in [0.5, 0.6) is 0 Å². The Morgan fingerprint density at radius 1 is 1.17 bits per heavy atom. The molecule has 94 valence electrons. The van der Waals surface area contributed by atoms with Gasteiger partial charge in [-0.2, -0.15) is 10.2 Å². The molecule has 0 atom stereocenters. The lowest BCUT2D eigenvalue weighted by atomic mass is 10.2. The van der Waals surface area contributed by atoms with Gasteiger partial charge in [0.25, 0.3) is 0 Å². The Hall–Kier alpha value is -2.17. The van der Waals surface area contributed by atoms with Gasteiger partial charge in [-0.15, -0.1) is 0 Å². The number of aryl methyl sites for hydroxylation is 2. The van der Waals surface area contributed by atoms with Crippen LogP contribution in [0.1, 0.15) is 19.7 Å². The molecular weight excluding hydrogens is 226 g/mol. The first-order chi connectivity index (χ1) is 8.74. The lowest BCUT2D eigenvalue weighted by Gasteiger charge is -1.99. The standard InChI is InChI=1S/C11H11N5.C2H6/c1-8-13-11-5-3-4-10(16(11)14-8)9-6-12-15(2)7-9;1-2/h3-7H,1-2H3;1-2H3. The summed E-state index contributed by atoms with van der Waals surface area (Å²) in [7, 11) is 1.90. The first kappa shape index (κ1) is 12.3. The van der Waals surface area contributed by atoms with Crippen LogP contribution >= 0.6 is 0 Å². The van der Waals surface area contributed by atoms with Gasteiger partial charge in [-0.25, -0.2) is 9.50 Å². The van der Waals surface area contributed by atoms with Crippen molar-refractivity contribution >= 4 is 5.65 Å². The molecule has 0 amide bonds. The molecule has 3 aromatic rings. The molecule has 0 aliphatic rings. The van der Waals surface area contributed by atoms with Gasteiger partial charge in [0.2, 0.25) is 0 Å². The van der Waals surface area contributed by atoms with Gasteiger partial charge in [0.15, 0.2) is 5.65 Å². The monoisotopic (exact) mass is 243 g/mol. The van der Waals surface area contributed by atoms with E-state index in [1.54, 1.807) is 4.68 Å². The lowest BCUT2D eigenvalue weighted by molar-refractivity contribution is 0.768. The van der Waals surface area contributed by atoms with Crippen molar-refractivity contribution in [3.63, 3.8) is 0 Å². The summed E-state index contributed by atoms with van der Waals surface area (Å²) in [6, 6.07) is 5.93. The average Bonchev–Trinajstić information content (AvgIpc) is 2.96. The molecule has 0 aromatic carbocycles. The zero-order valence-electron chi connectivity index (χ0n) is 11.1. The number of aromatic nitrogens is 5. The van der Waals surface area contributed by atoms with Gasteiger partial charge in [-0.05, 0) is 19.1 Å². The fourth-order valence-electron chi connectivity index (χ4n) is 1.78. The van der Waals surface area contributed by atoms with E-state index in [-0.39, 0.29) is 0 Å². The van der Waals surface area contributed by atoms with Crippen LogP contribution in [0.25, 0.3) is 16.9 Å². The molecule has 0 spiro atoms. The molecule has 0 radical (unpaired) electrons. The first-order valence-corrected chi connectivity index (χ1v) is 6.05. The molecule has 18 heavy (non-hydrogen) atoms. The van der Waals surface area contributed by atoms with Crippen LogP contribution in [0.4, 0.5) is 0 Å². The Labute approximate surface area is 106 Å². The van der Waals surface area contributed by atoms with Gasteiger partial charge in [0, 0.05) is 18.8 Å². The van der Waals surface area contributed by atoms with Crippen molar-refractivity contribution in [2.24, 2.45) is 7.05 Å². The van der Waals surface area contributed by atoms with Crippen LogP contribution < -0.4 is 0 Å². The predicted molar refractivity (Wildman–Crippen MR) is 71.3 cm³/mol. The highest BCUT2D eigenvalue weighted by molar-refractivity contribution is 5.61. The molecule has 5 heteroatoms. The van der Waals surface area contributed by atoms with Gasteiger partial charge in [-0.1, -0.05) is 19.9 Å². The Bertz CT molecular complexity index is 650. The van der Waals surface area contributed by atoms with Crippen LogP contribution in [0.3, 0.4) is 0 Å². The molecule has 0 bridgehead atoms. The van der Waals surface area contributed by atoms with Crippen molar-refractivity contribution in [3.05, 3.63) is 36.4 Å². The summed E-state index contributed by atoms with van der Waals surface area (Å²) in [6.07, 6.45) is 3.79. The van der Waals surface area contributed by atoms with Crippen LogP contribution in [0, 0.1) is 6.92 Å². The largest absolute Gasteiger partial charge is 0.275 e. The summed E-state index contributed by atoms with van der Waals surface area (Å²) in [6.45, 7) is 5.89. The number of fused-ring (bicyclic) bond motifs is 1. The van der Waals surface area contributed by atoms with Crippen molar-refractivity contribution in [1.29, 1.82) is 0 Å². The Morgan fingerprint density at radius 2 is 1.94 bits per heavy atom. The molecule has 0 aliphatic carbocycles. The average molecular weight is 243 g/mol. The fourth-order valence-corrected chi connectivity index (χ4v) is 1.78. The van der Waals surface area contributed by atoms with Crippen LogP contribution in [0.15, 0.2) is 30.6 Å². The van der Waals surface area contributed by atoms with Crippen molar-refractivity contribution in [3.8, 4) is 11.3 Å². The molecule has 0 saturated carbocycles. The topological polar surface area (TPSA) is 48.0 Å². The lowest BCUT2D eigenvalue weighted by Crippen LogP contribution is -1.92. The summed E-state index contributed by atoms with van der Waals surface area (Å²) in [4.78, 5) is 4.33. The molecule has 0 N–H and O–H groups in total. The zero-order valence-corrected chi connectivity index (χ0v) is 11.1. The minimum atomic E-state index is 0.774. The minimum Gasteiger partial charge on any atom is -0.275 e. The highest BCUT2D eigenvalue weighted by Gasteiger charge is 2.07. The van der Waals surface area contributed by atoms with Gasteiger partial charge in [0.05, 0.1) is 11.9 Å². The first-order valence-electron chi connectivity index (χ1n) is 6.05. The number of rotatable bonds is 1. The SMILES string of the molecule is CC.Cc1nc2cccc(-c3cnn(C)c3)n2n1. The van der Waals surface area contributed by atoms with Gasteiger partial charge < -0.3 is 0 Å². The maximum atomic E-state index is 4.37. The number of pyridine rings is 1. The maximum Gasteiger partial charge on any atom is 0.156 e. The van der Waals surface area contributed by atoms with E-state index < -0.39 is 0 Å². The third kappa shape index (κ3) is 2.11. The van der Waals surface area contributed by atoms with E-state index in [1.807, 2.05) is 62.9 Å². The van der Waals surface area contributed by atoms with Crippen molar-refractivity contribution in [2.75, 3.05) is 0 Å². The van der Waals surface area contributed by atoms with Crippen LogP contribution in [-0.2, 0) is 7.05 Å². The smallest absolute Gasteiger partial charge is 0.156 e. The van der Waals surface area contributed by atoms with Gasteiger partial charge >= 0.3 is 0 Å². The fraction of sp³-hybridized carbons (Fsp3) is 0.308. The van der Waals surface area contributed by atoms with E-state index in [2.05, 4.69) is 15.2 Å². The van der Waals surface area contributed by atoms with Crippen LogP contribution in [-0.4, -0.2) is 24.4 Å². The third-order valence-corrected chi connectivity index (χ3v) is 2.47. The van der Waals surface area contributed by atoms with E-state index in [1.165, 1.54) is 0 Å². The predicted octanol–water partition coefficient (Wildman–Crippen LogP) is 2.46. The maximum absolute atomic E-state index is 4.37. The van der Waals surface area contributed by atoms with E-state index in [0.717, 1.165) is 22.7 Å². The molecule has 0 fully saturated rings. The van der Waals surface area contributed by atoms with E-state index in [9.17, 15) is 0 Å². The highest BCUT2D eigenvalue weighted by atomic mass is 15.3. The second-order valence-corrected chi connectivity index (χ2v) is 3.74. The Kier molecular flexibility index (Phi) is 3.41. The van der Waals surface area contributed by atoms with Gasteiger partial charge in [0.1, 0.15) is 5.82 Å². The van der Waals surface area contributed by atoms with E-state index >= 15 is 0 Å². The minimum absolute atomic E-state index is 0.774. The third-order valence-electron chi connectivity index (χ3n) is 2.47. The quantitative estimate of drug-likeness (QED) is 0.659. The molecule has 3 heterocycles. The molecule has 0 aliphatic heterocycles. The summed E-state index contributed by atoms with van der Waals surface area (Å²) >= 11 is 0. The molecular formula is C13H17N5. The summed E-state index contributed by atoms with van der Waals surface area (Å²) in [5.74, 6) is 0.774. The molecule has 0 saturated heterocycles. The Morgan fingerprint density at radius 3 is 2.61 bits per heavy atom. The van der Waals surface area contributed by atoms with E-state index in [0.29, 0.717) is 0 Å². The number of hydrogen-bond donors (Lipinski definition) is 0. The van der Waals surface area contributed by atoms with Gasteiger partial charge in [-0.3, -0.25) is 4.68 Å². The molecule has 3 rings (SSSR count). The summed E-state index contributed by atoms with van der Waals surface area (Å²) < 4.78 is 3.62. The summed E-state index contributed by atoms with van der Waals surface area (Å²) in [5.41, 5.74) is 2.91. The molecule has 5 nitrogen and oxygen atoms in total. The molecule has 0 unspecified atom stereocenters. The number of hydrogen-bond acceptors (Lipinski definition) is 3. The number of nitrogens with zero attached hydrogens (tertiary/aromatic N) is 5. The van der Waals surface area contributed by atoms with Crippen molar-refractivity contribution < 1.29 is 0 Å². The van der Waals surface area contributed by atoms with Crippen molar-refractivity contribution in [2.45, 2.75) is 20.8 Å². The van der Waals surface area contributed by atoms with Crippen LogP contribution in [0.2, 0.25) is 0 Å². The van der Waals surface area contributed by atoms with Crippen molar-refractivity contribution in [1.82, 2.24) is 24.4 Å². The summed E-state index contributed by atoms with van der Waals surface area (Å²) in [5, 5.41) is 8.53.